The summed E-state index contributed by atoms with van der Waals surface area (Å²) in [5.74, 6) is -1.08. The van der Waals surface area contributed by atoms with Gasteiger partial charge < -0.3 is 9.47 Å². The molecule has 0 heterocycles. The summed E-state index contributed by atoms with van der Waals surface area (Å²) in [5.41, 5.74) is 0.580. The number of fused-ring (bicyclic) bond motifs is 2. The molecule has 4 nitrogen and oxygen atoms in total. The van der Waals surface area contributed by atoms with Crippen molar-refractivity contribution in [1.29, 1.82) is 0 Å². The van der Waals surface area contributed by atoms with Gasteiger partial charge in [-0.1, -0.05) is 55.1 Å². The van der Waals surface area contributed by atoms with E-state index in [0.29, 0.717) is 5.56 Å². The molecule has 0 radical (unpaired) electrons. The van der Waals surface area contributed by atoms with Crippen molar-refractivity contribution in [3.63, 3.8) is 0 Å². The molecule has 0 aliphatic rings. The van der Waals surface area contributed by atoms with Gasteiger partial charge in [-0.05, 0) is 27.6 Å². The van der Waals surface area contributed by atoms with Crippen molar-refractivity contribution in [3.8, 4) is 0 Å². The van der Waals surface area contributed by atoms with Crippen molar-refractivity contribution in [2.75, 3.05) is 13.7 Å². The Morgan fingerprint density at radius 1 is 0.958 bits per heavy atom. The van der Waals surface area contributed by atoms with Crippen LogP contribution in [0.5, 0.6) is 0 Å². The number of hydrogen-bond acceptors (Lipinski definition) is 4. The van der Waals surface area contributed by atoms with Gasteiger partial charge in [-0.2, -0.15) is 0 Å². The first kappa shape index (κ1) is 15.7. The maximum Gasteiger partial charge on any atom is 0.339 e. The molecule has 3 rings (SSSR count). The largest absolute Gasteiger partial charge is 0.466 e. The number of esters is 2. The van der Waals surface area contributed by atoms with Crippen molar-refractivity contribution in [1.82, 2.24) is 0 Å². The number of methoxy groups -OCH3 is 1. The highest BCUT2D eigenvalue weighted by atomic mass is 16.5. The predicted molar refractivity (Wildman–Crippen MR) is 92.9 cm³/mol. The molecule has 24 heavy (non-hydrogen) atoms. The first-order chi connectivity index (χ1) is 11.6. The monoisotopic (exact) mass is 320 g/mol. The minimum atomic E-state index is -0.592. The molecule has 120 valence electrons. The fraction of sp³-hybridized carbons (Fsp3) is 0.100. The number of hydrogen-bond donors (Lipinski definition) is 0. The summed E-state index contributed by atoms with van der Waals surface area (Å²) in [7, 11) is 1.26. The molecule has 0 unspecified atom stereocenters. The van der Waals surface area contributed by atoms with Crippen LogP contribution in [0.1, 0.15) is 10.4 Å². The van der Waals surface area contributed by atoms with Crippen LogP contribution in [-0.2, 0) is 14.3 Å². The molecule has 0 atom stereocenters. The van der Waals surface area contributed by atoms with Crippen LogP contribution in [-0.4, -0.2) is 25.7 Å². The Morgan fingerprint density at radius 3 is 2.04 bits per heavy atom. The lowest BCUT2D eigenvalue weighted by Crippen LogP contribution is -2.14. The van der Waals surface area contributed by atoms with Gasteiger partial charge in [0.15, 0.2) is 0 Å². The van der Waals surface area contributed by atoms with E-state index in [1.165, 1.54) is 7.11 Å². The molecule has 3 aromatic carbocycles. The van der Waals surface area contributed by atoms with Gasteiger partial charge in [0.1, 0.15) is 6.61 Å². The predicted octanol–water partition coefficient (Wildman–Crippen LogP) is 3.88. The number of ether oxygens (including phenoxy) is 2. The SMILES string of the molecule is C=C(COC(=O)c1c2ccccc2cc2ccccc12)C(=O)OC. The second kappa shape index (κ2) is 6.54. The Bertz CT molecular complexity index is 902. The Hall–Kier alpha value is -3.14. The molecule has 0 bridgehead atoms. The van der Waals surface area contributed by atoms with Crippen molar-refractivity contribution in [2.24, 2.45) is 0 Å². The van der Waals surface area contributed by atoms with Gasteiger partial charge in [-0.15, -0.1) is 0 Å². The molecule has 0 spiro atoms. The third-order valence-electron chi connectivity index (χ3n) is 3.83. The molecule has 0 aliphatic carbocycles. The van der Waals surface area contributed by atoms with Crippen molar-refractivity contribution in [2.45, 2.75) is 0 Å². The van der Waals surface area contributed by atoms with E-state index >= 15 is 0 Å². The summed E-state index contributed by atoms with van der Waals surface area (Å²) >= 11 is 0. The van der Waals surface area contributed by atoms with E-state index in [1.54, 1.807) is 0 Å². The Balaban J connectivity index is 2.04. The summed E-state index contributed by atoms with van der Waals surface area (Å²) in [4.78, 5) is 24.0. The highest BCUT2D eigenvalue weighted by Crippen LogP contribution is 2.29. The standard InChI is InChI=1S/C20H16O4/c1-13(19(21)23-2)12-24-20(22)18-16-9-5-3-7-14(16)11-15-8-4-6-10-17(15)18/h3-11H,1,12H2,2H3. The van der Waals surface area contributed by atoms with Crippen LogP contribution in [0.3, 0.4) is 0 Å². The minimum Gasteiger partial charge on any atom is -0.466 e. The third-order valence-corrected chi connectivity index (χ3v) is 3.83. The highest BCUT2D eigenvalue weighted by molar-refractivity contribution is 6.16. The van der Waals surface area contributed by atoms with Crippen molar-refractivity contribution in [3.05, 3.63) is 72.3 Å². The summed E-state index contributed by atoms with van der Waals surface area (Å²) in [6, 6.07) is 17.3. The third kappa shape index (κ3) is 2.86. The number of rotatable bonds is 4. The lowest BCUT2D eigenvalue weighted by atomic mass is 9.97. The van der Waals surface area contributed by atoms with E-state index in [2.05, 4.69) is 11.3 Å². The van der Waals surface area contributed by atoms with Gasteiger partial charge in [0, 0.05) is 0 Å². The normalized spacial score (nSPS) is 10.5. The zero-order chi connectivity index (χ0) is 17.1. The molecule has 0 aromatic heterocycles. The average Bonchev–Trinajstić information content (AvgIpc) is 2.63. The van der Waals surface area contributed by atoms with E-state index < -0.39 is 11.9 Å². The summed E-state index contributed by atoms with van der Waals surface area (Å²) in [6.45, 7) is 3.36. The molecule has 0 fully saturated rings. The average molecular weight is 320 g/mol. The highest BCUT2D eigenvalue weighted by Gasteiger charge is 2.17. The summed E-state index contributed by atoms with van der Waals surface area (Å²) in [6.07, 6.45) is 0. The van der Waals surface area contributed by atoms with Crippen LogP contribution in [0.15, 0.2) is 66.7 Å². The molecule has 0 aliphatic heterocycles. The molecular weight excluding hydrogens is 304 g/mol. The lowest BCUT2D eigenvalue weighted by molar-refractivity contribution is -0.136. The maximum atomic E-state index is 12.7. The second-order valence-corrected chi connectivity index (χ2v) is 5.37. The Morgan fingerprint density at radius 2 is 1.50 bits per heavy atom. The lowest BCUT2D eigenvalue weighted by Gasteiger charge is -2.11. The maximum absolute atomic E-state index is 12.7. The molecule has 0 saturated carbocycles. The minimum absolute atomic E-state index is 0.0930. The topological polar surface area (TPSA) is 52.6 Å². The zero-order valence-electron chi connectivity index (χ0n) is 13.2. The summed E-state index contributed by atoms with van der Waals surface area (Å²) < 4.78 is 9.85. The number of carbonyl (C=O) groups is 2. The van der Waals surface area contributed by atoms with Crippen molar-refractivity contribution < 1.29 is 19.1 Å². The second-order valence-electron chi connectivity index (χ2n) is 5.37. The van der Waals surface area contributed by atoms with Gasteiger partial charge in [-0.25, -0.2) is 9.59 Å². The fourth-order valence-corrected chi connectivity index (χ4v) is 2.66. The van der Waals surface area contributed by atoms with Gasteiger partial charge in [-0.3, -0.25) is 0 Å². The first-order valence-electron chi connectivity index (χ1n) is 7.45. The van der Waals surface area contributed by atoms with Crippen LogP contribution in [0.2, 0.25) is 0 Å². The zero-order valence-corrected chi connectivity index (χ0v) is 13.2. The van der Waals surface area contributed by atoms with Crippen LogP contribution in [0.25, 0.3) is 21.5 Å². The van der Waals surface area contributed by atoms with E-state index in [1.807, 2.05) is 54.6 Å². The van der Waals surface area contributed by atoms with E-state index in [4.69, 9.17) is 4.74 Å². The molecule has 0 saturated heterocycles. The Kier molecular flexibility index (Phi) is 4.29. The number of benzene rings is 3. The van der Waals surface area contributed by atoms with Crippen LogP contribution in [0.4, 0.5) is 0 Å². The number of carbonyl (C=O) groups excluding carboxylic acids is 2. The van der Waals surface area contributed by atoms with Gasteiger partial charge in [0.05, 0.1) is 18.2 Å². The fourth-order valence-electron chi connectivity index (χ4n) is 2.66. The van der Waals surface area contributed by atoms with Crippen molar-refractivity contribution >= 4 is 33.5 Å². The molecule has 3 aromatic rings. The summed E-state index contributed by atoms with van der Waals surface area (Å²) in [5, 5.41) is 3.53. The van der Waals surface area contributed by atoms with Crippen LogP contribution >= 0.6 is 0 Å². The van der Waals surface area contributed by atoms with Crippen LogP contribution < -0.4 is 0 Å². The van der Waals surface area contributed by atoms with Gasteiger partial charge >= 0.3 is 11.9 Å². The van der Waals surface area contributed by atoms with Gasteiger partial charge in [0.25, 0.3) is 0 Å². The molecular formula is C20H16O4. The van der Waals surface area contributed by atoms with Gasteiger partial charge in [0.2, 0.25) is 0 Å². The van der Waals surface area contributed by atoms with Crippen LogP contribution in [0, 0.1) is 0 Å². The smallest absolute Gasteiger partial charge is 0.339 e. The molecule has 0 amide bonds. The molecule has 4 heteroatoms. The molecule has 0 N–H and O–H groups in total. The van der Waals surface area contributed by atoms with E-state index in [-0.39, 0.29) is 12.2 Å². The van der Waals surface area contributed by atoms with E-state index in [9.17, 15) is 9.59 Å². The first-order valence-corrected chi connectivity index (χ1v) is 7.45. The van der Waals surface area contributed by atoms with E-state index in [0.717, 1.165) is 21.5 Å². The quantitative estimate of drug-likeness (QED) is 0.416. The Labute approximate surface area is 139 Å².